The van der Waals surface area contributed by atoms with E-state index in [1.54, 1.807) is 13.0 Å². The molecule has 13 nitrogen and oxygen atoms in total. The number of carbonyl (C=O) groups excluding carboxylic acids is 4. The average Bonchev–Trinajstić information content (AvgIpc) is 3.94. The number of hydrogen-bond acceptors (Lipinski definition) is 9. The first-order valence-electron chi connectivity index (χ1n) is 16.9. The molecule has 0 spiro atoms. The van der Waals surface area contributed by atoms with Gasteiger partial charge in [-0.2, -0.15) is 13.2 Å². The number of amides is 4. The topological polar surface area (TPSA) is 173 Å². The fraction of sp³-hybridized carbons (Fsp3) is 0.667. The number of pyridine rings is 1. The summed E-state index contributed by atoms with van der Waals surface area (Å²) in [5.74, 6) is -3.51. The number of fused-ring (bicyclic) bond motifs is 2. The lowest BCUT2D eigenvalue weighted by molar-refractivity contribution is -0.244. The van der Waals surface area contributed by atoms with E-state index in [0.29, 0.717) is 51.0 Å². The number of alkyl halides is 3. The Hall–Kier alpha value is -3.60. The average molecular weight is 762 g/mol. The van der Waals surface area contributed by atoms with Gasteiger partial charge in [-0.15, -0.1) is 0 Å². The first kappa shape index (κ1) is 38.6. The van der Waals surface area contributed by atoms with Gasteiger partial charge in [0.05, 0.1) is 11.8 Å². The lowest BCUT2D eigenvalue weighted by Gasteiger charge is -2.34. The molecular weight excluding hydrogens is 719 g/mol. The second-order valence-corrected chi connectivity index (χ2v) is 17.0. The summed E-state index contributed by atoms with van der Waals surface area (Å²) in [6.07, 6.45) is 0.211. The van der Waals surface area contributed by atoms with E-state index in [0.717, 1.165) is 4.90 Å². The van der Waals surface area contributed by atoms with E-state index >= 15 is 0 Å². The SMILES string of the molecule is C[C@@H]1CC/C=C\[C@@H]2C[C@@]2(C(=O)NS(=O)(=O)C2CC2)NC(=O)[C@@H]2C[C@@H](Oc3cc(Cl)ccn3)CN2C(=O)[C@@H](NC(=O)OC(C)(C)C(F)(F)F)[C@H](C)C1. The van der Waals surface area contributed by atoms with Crippen LogP contribution in [-0.2, 0) is 29.1 Å². The van der Waals surface area contributed by atoms with Gasteiger partial charge in [0.1, 0.15) is 23.7 Å². The molecule has 0 aromatic carbocycles. The second kappa shape index (κ2) is 14.4. The molecular formula is C33H43ClF3N5O8S. The molecule has 3 N–H and O–H groups in total. The molecule has 2 aliphatic heterocycles. The Bertz CT molecular complexity index is 1670. The van der Waals surface area contributed by atoms with Crippen molar-refractivity contribution in [1.29, 1.82) is 0 Å². The highest BCUT2D eigenvalue weighted by Gasteiger charge is 2.62. The number of sulfonamides is 1. The third-order valence-corrected chi connectivity index (χ3v) is 12.0. The molecule has 0 unspecified atom stereocenters. The standard InChI is InChI=1S/C33H43ClF3N5O8S/c1-18-7-5-6-8-20-16-32(20,29(45)41-51(47,48)23-9-10-23)40-27(43)24-15-22(49-25-14-21(34)11-12-38-25)17-42(24)28(44)26(19(2)13-18)39-30(46)50-31(3,4)33(35,36)37/h6,8,11-12,14,18-20,22-24,26H,5,7,9-10,13,15-17H2,1-4H3,(H,39,46)(H,40,43)(H,41,45)/b8-6-/t18-,19-,20-,22-,24+,26+,32-/m1/s1. The van der Waals surface area contributed by atoms with Gasteiger partial charge in [-0.25, -0.2) is 18.2 Å². The predicted molar refractivity (Wildman–Crippen MR) is 178 cm³/mol. The van der Waals surface area contributed by atoms with E-state index in [1.807, 2.05) is 13.0 Å². The van der Waals surface area contributed by atoms with Crippen LogP contribution >= 0.6 is 11.6 Å². The van der Waals surface area contributed by atoms with Crippen LogP contribution in [0.1, 0.15) is 72.6 Å². The minimum absolute atomic E-state index is 0.0235. The predicted octanol–water partition coefficient (Wildman–Crippen LogP) is 4.01. The lowest BCUT2D eigenvalue weighted by Crippen LogP contribution is -2.59. The van der Waals surface area contributed by atoms with E-state index in [9.17, 15) is 40.8 Å². The molecule has 1 aromatic heterocycles. The summed E-state index contributed by atoms with van der Waals surface area (Å²) in [6.45, 7) is 4.77. The first-order valence-corrected chi connectivity index (χ1v) is 18.8. The maximum atomic E-state index is 14.4. The lowest BCUT2D eigenvalue weighted by atomic mass is 9.88. The third-order valence-electron chi connectivity index (χ3n) is 9.90. The number of carbonyl (C=O) groups is 4. The number of nitrogens with one attached hydrogen (secondary N) is 3. The number of aromatic nitrogens is 1. The van der Waals surface area contributed by atoms with Crippen molar-refractivity contribution in [3.05, 3.63) is 35.5 Å². The van der Waals surface area contributed by atoms with E-state index in [4.69, 9.17) is 21.1 Å². The van der Waals surface area contributed by atoms with Crippen LogP contribution in [0.4, 0.5) is 18.0 Å². The molecule has 3 fully saturated rings. The Morgan fingerprint density at radius 2 is 1.84 bits per heavy atom. The quantitative estimate of drug-likeness (QED) is 0.347. The molecule has 51 heavy (non-hydrogen) atoms. The van der Waals surface area contributed by atoms with Crippen molar-refractivity contribution < 1.29 is 50.2 Å². The van der Waals surface area contributed by atoms with Crippen molar-refractivity contribution in [2.75, 3.05) is 6.54 Å². The molecule has 2 aliphatic carbocycles. The van der Waals surface area contributed by atoms with E-state index in [1.165, 1.54) is 18.3 Å². The maximum Gasteiger partial charge on any atom is 0.427 e. The Balaban J connectivity index is 1.48. The summed E-state index contributed by atoms with van der Waals surface area (Å²) < 4.78 is 79.1. The molecule has 3 heterocycles. The molecule has 2 saturated carbocycles. The van der Waals surface area contributed by atoms with Crippen LogP contribution < -0.4 is 20.1 Å². The summed E-state index contributed by atoms with van der Waals surface area (Å²) in [5.41, 5.74) is -4.48. The molecule has 4 aliphatic rings. The van der Waals surface area contributed by atoms with Crippen molar-refractivity contribution in [2.45, 2.75) is 113 Å². The fourth-order valence-electron chi connectivity index (χ4n) is 6.56. The van der Waals surface area contributed by atoms with Gasteiger partial charge in [0.15, 0.2) is 0 Å². The van der Waals surface area contributed by atoms with Crippen LogP contribution in [0.25, 0.3) is 0 Å². The number of alkyl carbamates (subject to hydrolysis) is 1. The van der Waals surface area contributed by atoms with Gasteiger partial charge in [0.2, 0.25) is 33.3 Å². The summed E-state index contributed by atoms with van der Waals surface area (Å²) in [5, 5.41) is 4.71. The highest BCUT2D eigenvalue weighted by molar-refractivity contribution is 7.91. The van der Waals surface area contributed by atoms with Crippen molar-refractivity contribution in [1.82, 2.24) is 25.2 Å². The smallest absolute Gasteiger partial charge is 0.427 e. The number of ether oxygens (including phenoxy) is 2. The molecule has 282 valence electrons. The van der Waals surface area contributed by atoms with Gasteiger partial charge in [0.25, 0.3) is 5.91 Å². The molecule has 5 rings (SSSR count). The van der Waals surface area contributed by atoms with Gasteiger partial charge < -0.3 is 25.0 Å². The maximum absolute atomic E-state index is 14.4. The number of nitrogens with zero attached hydrogens (tertiary/aromatic N) is 2. The first-order chi connectivity index (χ1) is 23.7. The zero-order valence-corrected chi connectivity index (χ0v) is 30.2. The zero-order valence-electron chi connectivity index (χ0n) is 28.7. The normalized spacial score (nSPS) is 31.2. The highest BCUT2D eigenvalue weighted by atomic mass is 35.5. The third kappa shape index (κ3) is 8.90. The van der Waals surface area contributed by atoms with Crippen LogP contribution in [0.15, 0.2) is 30.5 Å². The molecule has 4 amide bonds. The van der Waals surface area contributed by atoms with Gasteiger partial charge in [0, 0.05) is 29.6 Å². The summed E-state index contributed by atoms with van der Waals surface area (Å²) in [4.78, 5) is 60.4. The number of hydrogen-bond donors (Lipinski definition) is 3. The highest BCUT2D eigenvalue weighted by Crippen LogP contribution is 2.46. The van der Waals surface area contributed by atoms with E-state index in [2.05, 4.69) is 20.3 Å². The molecule has 0 bridgehead atoms. The van der Waals surface area contributed by atoms with Crippen molar-refractivity contribution in [3.8, 4) is 5.88 Å². The van der Waals surface area contributed by atoms with Gasteiger partial charge >= 0.3 is 12.3 Å². The largest absolute Gasteiger partial charge is 0.472 e. The molecule has 7 atom stereocenters. The summed E-state index contributed by atoms with van der Waals surface area (Å²) in [6, 6.07) is 0.249. The number of halogens is 4. The van der Waals surface area contributed by atoms with Crippen LogP contribution in [0, 0.1) is 17.8 Å². The summed E-state index contributed by atoms with van der Waals surface area (Å²) >= 11 is 6.09. The fourth-order valence-corrected chi connectivity index (χ4v) is 8.08. The Morgan fingerprint density at radius 1 is 1.14 bits per heavy atom. The Morgan fingerprint density at radius 3 is 2.49 bits per heavy atom. The van der Waals surface area contributed by atoms with Crippen molar-refractivity contribution in [3.63, 3.8) is 0 Å². The van der Waals surface area contributed by atoms with Crippen LogP contribution in [-0.4, -0.2) is 89.4 Å². The minimum atomic E-state index is -4.90. The number of allylic oxidation sites excluding steroid dienone is 1. The molecule has 1 aromatic rings. The van der Waals surface area contributed by atoms with Crippen molar-refractivity contribution in [2.24, 2.45) is 17.8 Å². The Labute approximate surface area is 299 Å². The molecule has 18 heteroatoms. The monoisotopic (exact) mass is 761 g/mol. The van der Waals surface area contributed by atoms with E-state index < -0.39 is 86.4 Å². The van der Waals surface area contributed by atoms with Gasteiger partial charge in [-0.05, 0) is 70.3 Å². The van der Waals surface area contributed by atoms with Crippen LogP contribution in [0.3, 0.4) is 0 Å². The molecule has 0 radical (unpaired) electrons. The zero-order chi connectivity index (χ0) is 37.5. The van der Waals surface area contributed by atoms with Gasteiger partial charge in [-0.1, -0.05) is 37.6 Å². The van der Waals surface area contributed by atoms with Crippen molar-refractivity contribution >= 4 is 45.4 Å². The Kier molecular flexibility index (Phi) is 10.9. The van der Waals surface area contributed by atoms with Crippen LogP contribution in [0.2, 0.25) is 5.02 Å². The second-order valence-electron chi connectivity index (χ2n) is 14.6. The van der Waals surface area contributed by atoms with E-state index in [-0.39, 0.29) is 31.2 Å². The summed E-state index contributed by atoms with van der Waals surface area (Å²) in [7, 11) is -3.96. The minimum Gasteiger partial charge on any atom is -0.472 e. The number of rotatable bonds is 7. The molecule has 1 saturated heterocycles. The van der Waals surface area contributed by atoms with Crippen LogP contribution in [0.5, 0.6) is 5.88 Å². The van der Waals surface area contributed by atoms with Gasteiger partial charge in [-0.3, -0.25) is 19.1 Å².